The lowest BCUT2D eigenvalue weighted by Crippen LogP contribution is -2.10. The van der Waals surface area contributed by atoms with Gasteiger partial charge in [0.25, 0.3) is 0 Å². The lowest BCUT2D eigenvalue weighted by Gasteiger charge is -2.27. The van der Waals surface area contributed by atoms with Crippen molar-refractivity contribution in [2.45, 2.75) is 12.8 Å². The molecule has 1 heteroatoms. The normalized spacial score (nSPS) is 11.0. The lowest BCUT2D eigenvalue weighted by atomic mass is 9.86. The van der Waals surface area contributed by atoms with Crippen molar-refractivity contribution in [3.05, 3.63) is 198 Å². The summed E-state index contributed by atoms with van der Waals surface area (Å²) in [4.78, 5) is 2.36. The molecule has 0 amide bonds. The molecule has 1 nitrogen and oxygen atoms in total. The van der Waals surface area contributed by atoms with Crippen LogP contribution in [0.4, 0.5) is 17.1 Å². The summed E-state index contributed by atoms with van der Waals surface area (Å²) in [7, 11) is 0. The molecule has 0 aromatic heterocycles. The Morgan fingerprint density at radius 3 is 1.47 bits per heavy atom. The average molecular weight is 552 g/mol. The van der Waals surface area contributed by atoms with E-state index in [1.165, 1.54) is 44.2 Å². The second-order valence-electron chi connectivity index (χ2n) is 11.0. The first-order valence-electron chi connectivity index (χ1n) is 15.0. The van der Waals surface area contributed by atoms with Gasteiger partial charge in [0.05, 0.1) is 0 Å². The van der Waals surface area contributed by atoms with E-state index in [2.05, 4.69) is 181 Å². The number of hydrogen-bond donors (Lipinski definition) is 0. The number of para-hydroxylation sites is 2. The molecule has 0 heterocycles. The summed E-state index contributed by atoms with van der Waals surface area (Å²) in [5.74, 6) is 0. The molecule has 0 atom stereocenters. The summed E-state index contributed by atoms with van der Waals surface area (Å²) in [6.45, 7) is 0. The topological polar surface area (TPSA) is 3.24 Å². The molecule has 0 saturated heterocycles. The molecule has 0 aliphatic heterocycles. The van der Waals surface area contributed by atoms with E-state index in [9.17, 15) is 0 Å². The van der Waals surface area contributed by atoms with Crippen LogP contribution in [-0.4, -0.2) is 0 Å². The van der Waals surface area contributed by atoms with E-state index in [1.807, 2.05) is 0 Å². The Morgan fingerprint density at radius 2 is 0.860 bits per heavy atom. The Kier molecular flexibility index (Phi) is 7.53. The SMILES string of the molecule is c1ccc(Cc2ccc(N(c3ccccc3)c3ccccc3)cc2-c2c(Cc3ccccc3)ccc3ccccc23)cc1. The van der Waals surface area contributed by atoms with E-state index in [-0.39, 0.29) is 0 Å². The average Bonchev–Trinajstić information content (AvgIpc) is 3.07. The van der Waals surface area contributed by atoms with Crippen molar-refractivity contribution in [2.75, 3.05) is 4.90 Å². The summed E-state index contributed by atoms with van der Waals surface area (Å²) < 4.78 is 0. The van der Waals surface area contributed by atoms with Crippen LogP contribution < -0.4 is 4.90 Å². The quantitative estimate of drug-likeness (QED) is 0.182. The molecule has 0 N–H and O–H groups in total. The van der Waals surface area contributed by atoms with Crippen molar-refractivity contribution in [3.63, 3.8) is 0 Å². The zero-order chi connectivity index (χ0) is 28.8. The van der Waals surface area contributed by atoms with Gasteiger partial charge in [0, 0.05) is 17.1 Å². The second kappa shape index (κ2) is 12.2. The summed E-state index contributed by atoms with van der Waals surface area (Å²) in [6, 6.07) is 63.4. The van der Waals surface area contributed by atoms with E-state index in [0.717, 1.165) is 29.9 Å². The van der Waals surface area contributed by atoms with Crippen molar-refractivity contribution >= 4 is 27.8 Å². The van der Waals surface area contributed by atoms with Gasteiger partial charge in [0.1, 0.15) is 0 Å². The Morgan fingerprint density at radius 1 is 0.372 bits per heavy atom. The lowest BCUT2D eigenvalue weighted by molar-refractivity contribution is 1.17. The Hall–Kier alpha value is -5.40. The fourth-order valence-corrected chi connectivity index (χ4v) is 6.11. The Bertz CT molecular complexity index is 1910. The van der Waals surface area contributed by atoms with Crippen LogP contribution in [0.15, 0.2) is 176 Å². The third kappa shape index (κ3) is 5.71. The monoisotopic (exact) mass is 551 g/mol. The molecule has 0 saturated carbocycles. The highest BCUT2D eigenvalue weighted by Gasteiger charge is 2.19. The molecule has 0 aliphatic rings. The molecule has 0 radical (unpaired) electrons. The molecule has 0 fully saturated rings. The van der Waals surface area contributed by atoms with E-state index < -0.39 is 0 Å². The van der Waals surface area contributed by atoms with Crippen LogP contribution in [-0.2, 0) is 12.8 Å². The van der Waals surface area contributed by atoms with E-state index in [1.54, 1.807) is 0 Å². The van der Waals surface area contributed by atoms with E-state index in [4.69, 9.17) is 0 Å². The predicted molar refractivity (Wildman–Crippen MR) is 183 cm³/mol. The van der Waals surface area contributed by atoms with Crippen molar-refractivity contribution in [1.29, 1.82) is 0 Å². The molecule has 43 heavy (non-hydrogen) atoms. The maximum atomic E-state index is 2.41. The highest BCUT2D eigenvalue weighted by atomic mass is 15.1. The van der Waals surface area contributed by atoms with Crippen LogP contribution in [0.3, 0.4) is 0 Å². The van der Waals surface area contributed by atoms with Gasteiger partial charge in [0.2, 0.25) is 0 Å². The van der Waals surface area contributed by atoms with Gasteiger partial charge >= 0.3 is 0 Å². The molecule has 7 aromatic carbocycles. The molecule has 0 spiro atoms. The molecule has 206 valence electrons. The number of rotatable bonds is 8. The zero-order valence-electron chi connectivity index (χ0n) is 24.1. The summed E-state index contributed by atoms with van der Waals surface area (Å²) >= 11 is 0. The molecular weight excluding hydrogens is 518 g/mol. The summed E-state index contributed by atoms with van der Waals surface area (Å²) in [5.41, 5.74) is 11.3. The van der Waals surface area contributed by atoms with Crippen molar-refractivity contribution in [3.8, 4) is 11.1 Å². The predicted octanol–water partition coefficient (Wildman–Crippen LogP) is 11.2. The summed E-state index contributed by atoms with van der Waals surface area (Å²) in [6.07, 6.45) is 1.73. The number of nitrogens with zero attached hydrogens (tertiary/aromatic N) is 1. The van der Waals surface area contributed by atoms with Gasteiger partial charge in [-0.1, -0.05) is 140 Å². The van der Waals surface area contributed by atoms with Crippen LogP contribution in [0.5, 0.6) is 0 Å². The van der Waals surface area contributed by atoms with Crippen LogP contribution in [0.2, 0.25) is 0 Å². The number of fused-ring (bicyclic) bond motifs is 1. The van der Waals surface area contributed by atoms with Crippen LogP contribution >= 0.6 is 0 Å². The van der Waals surface area contributed by atoms with Gasteiger partial charge < -0.3 is 4.90 Å². The molecule has 7 rings (SSSR count). The molecule has 0 aliphatic carbocycles. The molecular formula is C42H33N. The van der Waals surface area contributed by atoms with Crippen LogP contribution in [0.25, 0.3) is 21.9 Å². The van der Waals surface area contributed by atoms with E-state index in [0.29, 0.717) is 0 Å². The molecule has 0 bridgehead atoms. The van der Waals surface area contributed by atoms with Gasteiger partial charge in [-0.2, -0.15) is 0 Å². The highest BCUT2D eigenvalue weighted by Crippen LogP contribution is 2.41. The second-order valence-corrected chi connectivity index (χ2v) is 11.0. The third-order valence-corrected chi connectivity index (χ3v) is 8.14. The van der Waals surface area contributed by atoms with E-state index >= 15 is 0 Å². The Labute approximate surface area is 254 Å². The standard InChI is InChI=1S/C42H33N/c1-5-15-32(16-6-1)29-35-27-28-39(43(37-20-9-3-10-21-37)38-22-11-4-12-23-38)31-41(35)42-36(30-33-17-7-2-8-18-33)26-25-34-19-13-14-24-40(34)42/h1-28,31H,29-30H2. The first kappa shape index (κ1) is 26.5. The minimum Gasteiger partial charge on any atom is -0.310 e. The maximum absolute atomic E-state index is 2.41. The first-order valence-corrected chi connectivity index (χ1v) is 15.0. The van der Waals surface area contributed by atoms with Gasteiger partial charge in [-0.25, -0.2) is 0 Å². The Balaban J connectivity index is 1.48. The number of hydrogen-bond acceptors (Lipinski definition) is 1. The van der Waals surface area contributed by atoms with Gasteiger partial charge in [-0.05, 0) is 93.4 Å². The number of benzene rings is 7. The highest BCUT2D eigenvalue weighted by molar-refractivity contribution is 6.00. The maximum Gasteiger partial charge on any atom is 0.0467 e. The van der Waals surface area contributed by atoms with Crippen LogP contribution in [0.1, 0.15) is 22.3 Å². The van der Waals surface area contributed by atoms with Crippen molar-refractivity contribution < 1.29 is 0 Å². The number of anilines is 3. The summed E-state index contributed by atoms with van der Waals surface area (Å²) in [5, 5.41) is 2.54. The zero-order valence-corrected chi connectivity index (χ0v) is 24.1. The van der Waals surface area contributed by atoms with Gasteiger partial charge in [0.15, 0.2) is 0 Å². The van der Waals surface area contributed by atoms with Gasteiger partial charge in [-0.15, -0.1) is 0 Å². The minimum atomic E-state index is 0.862. The van der Waals surface area contributed by atoms with Gasteiger partial charge in [-0.3, -0.25) is 0 Å². The fourth-order valence-electron chi connectivity index (χ4n) is 6.11. The van der Waals surface area contributed by atoms with Crippen molar-refractivity contribution in [1.82, 2.24) is 0 Å². The smallest absolute Gasteiger partial charge is 0.0467 e. The molecule has 7 aromatic rings. The molecule has 0 unspecified atom stereocenters. The largest absolute Gasteiger partial charge is 0.310 e. The fraction of sp³-hybridized carbons (Fsp3) is 0.0476. The third-order valence-electron chi connectivity index (χ3n) is 8.14. The van der Waals surface area contributed by atoms with Crippen LogP contribution in [0, 0.1) is 0 Å². The van der Waals surface area contributed by atoms with Crippen molar-refractivity contribution in [2.24, 2.45) is 0 Å². The minimum absolute atomic E-state index is 0.862. The first-order chi connectivity index (χ1) is 21.3.